The Kier molecular flexibility index (Phi) is 2.77. The molecule has 16 heavy (non-hydrogen) atoms. The van der Waals surface area contributed by atoms with E-state index in [1.807, 2.05) is 13.0 Å². The number of nitrogens with one attached hydrogen (secondary N) is 1. The maximum Gasteiger partial charge on any atom is 0.268 e. The third kappa shape index (κ3) is 2.12. The maximum atomic E-state index is 11.3. The second kappa shape index (κ2) is 3.95. The van der Waals surface area contributed by atoms with Gasteiger partial charge in [0.2, 0.25) is 5.94 Å². The van der Waals surface area contributed by atoms with Crippen LogP contribution < -0.4 is 15.2 Å². The minimum absolute atomic E-state index is 0.191. The van der Waals surface area contributed by atoms with Gasteiger partial charge in [0.25, 0.3) is 10.0 Å². The number of ether oxygens (including phenoxy) is 1. The van der Waals surface area contributed by atoms with E-state index in [1.54, 1.807) is 12.1 Å². The fraction of sp³-hybridized carbons (Fsp3) is 0.400. The summed E-state index contributed by atoms with van der Waals surface area (Å²) in [5.41, 5.74) is 7.05. The molecule has 0 fully saturated rings. The summed E-state index contributed by atoms with van der Waals surface area (Å²) in [5, 5.41) is 0. The lowest BCUT2D eigenvalue weighted by atomic mass is 10.0. The van der Waals surface area contributed by atoms with Gasteiger partial charge in [-0.3, -0.25) is 4.72 Å². The second-order valence-corrected chi connectivity index (χ2v) is 5.54. The second-order valence-electron chi connectivity index (χ2n) is 3.87. The van der Waals surface area contributed by atoms with Gasteiger partial charge in [0.1, 0.15) is 5.75 Å². The molecule has 1 heterocycles. The first-order valence-corrected chi connectivity index (χ1v) is 6.64. The Morgan fingerprint density at radius 3 is 3.00 bits per heavy atom. The molecule has 0 amide bonds. The van der Waals surface area contributed by atoms with Gasteiger partial charge in [0.15, 0.2) is 0 Å². The number of nitrogens with two attached hydrogens (primary N) is 1. The minimum Gasteiger partial charge on any atom is -0.474 e. The zero-order chi connectivity index (χ0) is 11.8. The number of sulfonamides is 1. The first-order valence-electron chi connectivity index (χ1n) is 4.99. The zero-order valence-electron chi connectivity index (χ0n) is 8.93. The van der Waals surface area contributed by atoms with Crippen LogP contribution in [-0.2, 0) is 10.0 Å². The van der Waals surface area contributed by atoms with E-state index in [0.29, 0.717) is 18.0 Å². The van der Waals surface area contributed by atoms with Crippen LogP contribution in [0.2, 0.25) is 0 Å². The number of anilines is 1. The highest BCUT2D eigenvalue weighted by Crippen LogP contribution is 2.32. The van der Waals surface area contributed by atoms with Crippen LogP contribution in [0.15, 0.2) is 18.2 Å². The Morgan fingerprint density at radius 1 is 1.56 bits per heavy atom. The summed E-state index contributed by atoms with van der Waals surface area (Å²) in [6.07, 6.45) is 0. The number of benzene rings is 1. The van der Waals surface area contributed by atoms with Crippen LogP contribution in [0, 0.1) is 0 Å². The molecule has 2 rings (SSSR count). The van der Waals surface area contributed by atoms with E-state index < -0.39 is 10.0 Å². The Morgan fingerprint density at radius 2 is 2.31 bits per heavy atom. The lowest BCUT2D eigenvalue weighted by Gasteiger charge is -2.20. The molecule has 1 atom stereocenters. The molecule has 3 N–H and O–H groups in total. The molecule has 5 nitrogen and oxygen atoms in total. The molecule has 6 heteroatoms. The smallest absolute Gasteiger partial charge is 0.268 e. The normalized spacial score (nSPS) is 19.1. The average molecular weight is 242 g/mol. The topological polar surface area (TPSA) is 81.4 Å². The van der Waals surface area contributed by atoms with Gasteiger partial charge in [-0.15, -0.1) is 0 Å². The Balaban J connectivity index is 2.38. The first-order chi connectivity index (χ1) is 7.52. The largest absolute Gasteiger partial charge is 0.474 e. The summed E-state index contributed by atoms with van der Waals surface area (Å²) >= 11 is 0. The molecular formula is C10H14N2O3S. The number of rotatable bonds is 2. The lowest BCUT2D eigenvalue weighted by Crippen LogP contribution is -2.25. The molecule has 1 aliphatic rings. The van der Waals surface area contributed by atoms with Gasteiger partial charge in [0, 0.05) is 0 Å². The Labute approximate surface area is 94.6 Å². The average Bonchev–Trinajstić information content (AvgIpc) is 2.25. The fourth-order valence-corrected chi connectivity index (χ4v) is 2.37. The van der Waals surface area contributed by atoms with Gasteiger partial charge < -0.3 is 10.5 Å². The molecule has 88 valence electrons. The summed E-state index contributed by atoms with van der Waals surface area (Å²) < 4.78 is 30.2. The maximum absolute atomic E-state index is 11.3. The van der Waals surface area contributed by atoms with Gasteiger partial charge in [-0.2, -0.15) is 0 Å². The highest BCUT2D eigenvalue weighted by molar-refractivity contribution is 7.92. The van der Waals surface area contributed by atoms with Gasteiger partial charge in [-0.05, 0) is 30.2 Å². The highest BCUT2D eigenvalue weighted by atomic mass is 32.2. The summed E-state index contributed by atoms with van der Waals surface area (Å²) in [4.78, 5) is 0. The zero-order valence-corrected chi connectivity index (χ0v) is 9.75. The van der Waals surface area contributed by atoms with Crippen molar-refractivity contribution in [1.29, 1.82) is 0 Å². The van der Waals surface area contributed by atoms with Crippen molar-refractivity contribution >= 4 is 15.7 Å². The van der Waals surface area contributed by atoms with Crippen LogP contribution in [-0.4, -0.2) is 20.9 Å². The molecule has 1 aliphatic heterocycles. The van der Waals surface area contributed by atoms with Crippen molar-refractivity contribution in [1.82, 2.24) is 0 Å². The van der Waals surface area contributed by atoms with E-state index >= 15 is 0 Å². The van der Waals surface area contributed by atoms with Crippen molar-refractivity contribution < 1.29 is 13.2 Å². The summed E-state index contributed by atoms with van der Waals surface area (Å²) in [6.45, 7) is 2.51. The summed E-state index contributed by atoms with van der Waals surface area (Å²) in [6, 6.07) is 5.43. The van der Waals surface area contributed by atoms with E-state index in [9.17, 15) is 8.42 Å². The highest BCUT2D eigenvalue weighted by Gasteiger charge is 2.21. The molecule has 0 bridgehead atoms. The van der Waals surface area contributed by atoms with Crippen LogP contribution in [0.3, 0.4) is 0 Å². The number of fused-ring (bicyclic) bond motifs is 1. The van der Waals surface area contributed by atoms with Gasteiger partial charge in [0.05, 0.1) is 5.69 Å². The molecule has 1 unspecified atom stereocenters. The van der Waals surface area contributed by atoms with Crippen molar-refractivity contribution in [2.45, 2.75) is 12.8 Å². The molecule has 0 saturated heterocycles. The van der Waals surface area contributed by atoms with Gasteiger partial charge >= 0.3 is 0 Å². The van der Waals surface area contributed by atoms with Gasteiger partial charge in [-0.1, -0.05) is 13.0 Å². The number of hydrogen-bond acceptors (Lipinski definition) is 4. The van der Waals surface area contributed by atoms with Crippen LogP contribution in [0.25, 0.3) is 0 Å². The molecule has 1 aromatic carbocycles. The molecule has 0 aliphatic carbocycles. The van der Waals surface area contributed by atoms with Crippen molar-refractivity contribution in [3.05, 3.63) is 23.8 Å². The van der Waals surface area contributed by atoms with E-state index in [-0.39, 0.29) is 11.9 Å². The van der Waals surface area contributed by atoms with Crippen molar-refractivity contribution in [2.24, 2.45) is 5.73 Å². The SMILES string of the molecule is CC(CN)c1ccc2c(c1)NS(=O)(=O)CO2. The van der Waals surface area contributed by atoms with E-state index in [4.69, 9.17) is 10.5 Å². The summed E-state index contributed by atoms with van der Waals surface area (Å²) in [5.74, 6) is 0.422. The standard InChI is InChI=1S/C10H14N2O3S/c1-7(5-11)8-2-3-10-9(4-8)12-16(13,14)6-15-10/h2-4,7,12H,5-6,11H2,1H3. The van der Waals surface area contributed by atoms with Crippen molar-refractivity contribution in [3.8, 4) is 5.75 Å². The Bertz CT molecular complexity index is 499. The molecule has 0 saturated carbocycles. The van der Waals surface area contributed by atoms with Crippen LogP contribution in [0.1, 0.15) is 18.4 Å². The van der Waals surface area contributed by atoms with E-state index in [0.717, 1.165) is 5.56 Å². The quantitative estimate of drug-likeness (QED) is 0.805. The van der Waals surface area contributed by atoms with Gasteiger partial charge in [-0.25, -0.2) is 8.42 Å². The molecule has 0 radical (unpaired) electrons. The monoisotopic (exact) mass is 242 g/mol. The number of hydrogen-bond donors (Lipinski definition) is 2. The first kappa shape index (κ1) is 11.2. The van der Waals surface area contributed by atoms with Crippen molar-refractivity contribution in [2.75, 3.05) is 17.2 Å². The third-order valence-corrected chi connectivity index (χ3v) is 3.52. The lowest BCUT2D eigenvalue weighted by molar-refractivity contribution is 0.374. The van der Waals surface area contributed by atoms with E-state index in [2.05, 4.69) is 4.72 Å². The van der Waals surface area contributed by atoms with Crippen molar-refractivity contribution in [3.63, 3.8) is 0 Å². The molecule has 1 aromatic rings. The van der Waals surface area contributed by atoms with E-state index in [1.165, 1.54) is 0 Å². The Hall–Kier alpha value is -1.27. The minimum atomic E-state index is -3.35. The molecule has 0 spiro atoms. The molecular weight excluding hydrogens is 228 g/mol. The summed E-state index contributed by atoms with van der Waals surface area (Å²) in [7, 11) is -3.35. The van der Waals surface area contributed by atoms with Crippen LogP contribution >= 0.6 is 0 Å². The van der Waals surface area contributed by atoms with Crippen LogP contribution in [0.4, 0.5) is 5.69 Å². The fourth-order valence-electron chi connectivity index (χ4n) is 1.53. The predicted molar refractivity (Wildman–Crippen MR) is 61.9 cm³/mol. The van der Waals surface area contributed by atoms with Crippen LogP contribution in [0.5, 0.6) is 5.75 Å². The molecule has 0 aromatic heterocycles. The third-order valence-electron chi connectivity index (χ3n) is 2.56. The predicted octanol–water partition coefficient (Wildman–Crippen LogP) is 0.840.